The molecular weight excluding hydrogens is 420 g/mol. The van der Waals surface area contributed by atoms with Crippen LogP contribution in [0.1, 0.15) is 32.6 Å². The third-order valence-corrected chi connectivity index (χ3v) is 7.12. The maximum atomic E-state index is 13.2. The molecule has 2 amide bonds. The van der Waals surface area contributed by atoms with E-state index in [-0.39, 0.29) is 29.7 Å². The monoisotopic (exact) mass is 448 g/mol. The summed E-state index contributed by atoms with van der Waals surface area (Å²) in [4.78, 5) is 32.0. The maximum absolute atomic E-state index is 13.2. The van der Waals surface area contributed by atoms with Gasteiger partial charge in [-0.2, -0.15) is 0 Å². The quantitative estimate of drug-likeness (QED) is 0.718. The number of carbonyl (C=O) groups is 2. The van der Waals surface area contributed by atoms with E-state index in [9.17, 15) is 9.59 Å². The van der Waals surface area contributed by atoms with Gasteiger partial charge in [-0.05, 0) is 56.1 Å². The van der Waals surface area contributed by atoms with E-state index in [0.717, 1.165) is 43.1 Å². The Kier molecular flexibility index (Phi) is 6.48. The SMILES string of the molecule is CCCN1C(=O)C2CCC(C(=O)N3CCN(c4cccc(Cl)c4)CC3)CC2NC1=S. The van der Waals surface area contributed by atoms with E-state index in [1.54, 1.807) is 4.90 Å². The summed E-state index contributed by atoms with van der Waals surface area (Å²) < 4.78 is 0. The smallest absolute Gasteiger partial charge is 0.233 e. The van der Waals surface area contributed by atoms with E-state index in [4.69, 9.17) is 23.8 Å². The number of anilines is 1. The topological polar surface area (TPSA) is 55.9 Å². The number of carbonyl (C=O) groups excluding carboxylic acids is 2. The molecule has 4 rings (SSSR count). The minimum absolute atomic E-state index is 0.0199. The van der Waals surface area contributed by atoms with Gasteiger partial charge in [0.1, 0.15) is 0 Å². The average molecular weight is 449 g/mol. The molecule has 1 aliphatic carbocycles. The molecule has 3 aliphatic rings. The van der Waals surface area contributed by atoms with Gasteiger partial charge in [0.25, 0.3) is 0 Å². The summed E-state index contributed by atoms with van der Waals surface area (Å²) in [6.07, 6.45) is 3.09. The van der Waals surface area contributed by atoms with Crippen molar-refractivity contribution in [3.8, 4) is 0 Å². The van der Waals surface area contributed by atoms with Crippen molar-refractivity contribution in [1.82, 2.24) is 15.1 Å². The van der Waals surface area contributed by atoms with Crippen LogP contribution in [0.25, 0.3) is 0 Å². The van der Waals surface area contributed by atoms with Crippen LogP contribution < -0.4 is 10.2 Å². The molecule has 0 bridgehead atoms. The Balaban J connectivity index is 1.33. The summed E-state index contributed by atoms with van der Waals surface area (Å²) in [7, 11) is 0. The Morgan fingerprint density at radius 2 is 2.00 bits per heavy atom. The van der Waals surface area contributed by atoms with Crippen LogP contribution in [0, 0.1) is 11.8 Å². The number of piperazine rings is 1. The second-order valence-electron chi connectivity index (χ2n) is 8.45. The van der Waals surface area contributed by atoms with Gasteiger partial charge < -0.3 is 15.1 Å². The van der Waals surface area contributed by atoms with Crippen LogP contribution >= 0.6 is 23.8 Å². The summed E-state index contributed by atoms with van der Waals surface area (Å²) in [6.45, 7) is 5.74. The number of benzene rings is 1. The van der Waals surface area contributed by atoms with Crippen LogP contribution in [0.4, 0.5) is 5.69 Å². The van der Waals surface area contributed by atoms with Gasteiger partial charge >= 0.3 is 0 Å². The van der Waals surface area contributed by atoms with Crippen molar-refractivity contribution in [2.45, 2.75) is 38.6 Å². The fraction of sp³-hybridized carbons (Fsp3) is 0.591. The number of fused-ring (bicyclic) bond motifs is 1. The first-order valence-electron chi connectivity index (χ1n) is 10.9. The molecule has 2 aliphatic heterocycles. The number of hydrogen-bond acceptors (Lipinski definition) is 4. The molecule has 3 unspecified atom stereocenters. The van der Waals surface area contributed by atoms with Crippen LogP contribution in [-0.4, -0.2) is 65.5 Å². The first-order valence-corrected chi connectivity index (χ1v) is 11.7. The van der Waals surface area contributed by atoms with Crippen molar-refractivity contribution in [1.29, 1.82) is 0 Å². The molecule has 3 fully saturated rings. The van der Waals surface area contributed by atoms with E-state index < -0.39 is 0 Å². The Bertz CT molecular complexity index is 827. The van der Waals surface area contributed by atoms with Crippen LogP contribution in [-0.2, 0) is 9.59 Å². The number of amides is 2. The fourth-order valence-corrected chi connectivity index (χ4v) is 5.46. The minimum Gasteiger partial charge on any atom is -0.368 e. The summed E-state index contributed by atoms with van der Waals surface area (Å²) in [5.41, 5.74) is 1.10. The van der Waals surface area contributed by atoms with E-state index in [1.807, 2.05) is 30.0 Å². The predicted octanol–water partition coefficient (Wildman–Crippen LogP) is 2.90. The van der Waals surface area contributed by atoms with Gasteiger partial charge in [0.2, 0.25) is 11.8 Å². The Morgan fingerprint density at radius 3 is 2.70 bits per heavy atom. The van der Waals surface area contributed by atoms with Crippen molar-refractivity contribution in [3.63, 3.8) is 0 Å². The van der Waals surface area contributed by atoms with Crippen molar-refractivity contribution in [2.24, 2.45) is 11.8 Å². The van der Waals surface area contributed by atoms with Gasteiger partial charge in [-0.1, -0.05) is 24.6 Å². The molecule has 30 heavy (non-hydrogen) atoms. The largest absolute Gasteiger partial charge is 0.368 e. The number of halogens is 1. The summed E-state index contributed by atoms with van der Waals surface area (Å²) in [5.74, 6) is 0.249. The molecule has 0 radical (unpaired) electrons. The van der Waals surface area contributed by atoms with Gasteiger partial charge in [-0.25, -0.2) is 0 Å². The first-order chi connectivity index (χ1) is 14.5. The van der Waals surface area contributed by atoms with E-state index in [1.165, 1.54) is 0 Å². The Labute approximate surface area is 188 Å². The van der Waals surface area contributed by atoms with E-state index in [0.29, 0.717) is 31.2 Å². The molecule has 2 saturated heterocycles. The zero-order valence-corrected chi connectivity index (χ0v) is 18.9. The molecule has 1 aromatic rings. The molecule has 1 N–H and O–H groups in total. The van der Waals surface area contributed by atoms with Crippen LogP contribution in [0.3, 0.4) is 0 Å². The van der Waals surface area contributed by atoms with Gasteiger partial charge in [0, 0.05) is 55.4 Å². The molecule has 162 valence electrons. The fourth-order valence-electron chi connectivity index (χ4n) is 4.94. The molecule has 8 heteroatoms. The molecule has 2 heterocycles. The van der Waals surface area contributed by atoms with E-state index >= 15 is 0 Å². The normalized spacial score (nSPS) is 27.0. The molecule has 6 nitrogen and oxygen atoms in total. The van der Waals surface area contributed by atoms with E-state index in [2.05, 4.69) is 16.3 Å². The molecule has 3 atom stereocenters. The molecular formula is C22H29ClN4O2S. The standard InChI is InChI=1S/C22H29ClN4O2S/c1-2-8-27-21(29)18-7-6-15(13-19(18)24-22(27)30)20(28)26-11-9-25(10-12-26)17-5-3-4-16(23)14-17/h3-5,14-15,18-19H,2,6-13H2,1H3,(H,24,30). The predicted molar refractivity (Wildman–Crippen MR) is 123 cm³/mol. The molecule has 0 spiro atoms. The lowest BCUT2D eigenvalue weighted by molar-refractivity contribution is -0.142. The Morgan fingerprint density at radius 1 is 1.23 bits per heavy atom. The van der Waals surface area contributed by atoms with Gasteiger partial charge in [-0.3, -0.25) is 14.5 Å². The average Bonchev–Trinajstić information content (AvgIpc) is 2.76. The van der Waals surface area contributed by atoms with Crippen LogP contribution in [0.2, 0.25) is 5.02 Å². The summed E-state index contributed by atoms with van der Waals surface area (Å²) in [5, 5.41) is 4.60. The lowest BCUT2D eigenvalue weighted by Gasteiger charge is -2.45. The third-order valence-electron chi connectivity index (χ3n) is 6.55. The van der Waals surface area contributed by atoms with Gasteiger partial charge in [-0.15, -0.1) is 0 Å². The highest BCUT2D eigenvalue weighted by molar-refractivity contribution is 7.80. The lowest BCUT2D eigenvalue weighted by atomic mass is 9.76. The second kappa shape index (κ2) is 9.10. The van der Waals surface area contributed by atoms with Crippen LogP contribution in [0.15, 0.2) is 24.3 Å². The second-order valence-corrected chi connectivity index (χ2v) is 9.28. The van der Waals surface area contributed by atoms with Gasteiger partial charge in [0.05, 0.1) is 5.92 Å². The van der Waals surface area contributed by atoms with Crippen molar-refractivity contribution in [3.05, 3.63) is 29.3 Å². The summed E-state index contributed by atoms with van der Waals surface area (Å²) >= 11 is 11.5. The zero-order valence-electron chi connectivity index (χ0n) is 17.3. The highest BCUT2D eigenvalue weighted by Crippen LogP contribution is 2.34. The minimum atomic E-state index is -0.0630. The number of hydrogen-bond donors (Lipinski definition) is 1. The Hall–Kier alpha value is -1.86. The number of nitrogens with one attached hydrogen (secondary N) is 1. The third kappa shape index (κ3) is 4.28. The zero-order chi connectivity index (χ0) is 21.3. The van der Waals surface area contributed by atoms with Crippen molar-refractivity contribution >= 4 is 46.4 Å². The van der Waals surface area contributed by atoms with Crippen LogP contribution in [0.5, 0.6) is 0 Å². The molecule has 1 aromatic carbocycles. The number of thiocarbonyl (C=S) groups is 1. The maximum Gasteiger partial charge on any atom is 0.233 e. The number of rotatable bonds is 4. The summed E-state index contributed by atoms with van der Waals surface area (Å²) in [6, 6.07) is 7.84. The highest BCUT2D eigenvalue weighted by atomic mass is 35.5. The first kappa shape index (κ1) is 21.4. The number of nitrogens with zero attached hydrogens (tertiary/aromatic N) is 3. The van der Waals surface area contributed by atoms with Gasteiger partial charge in [0.15, 0.2) is 5.11 Å². The highest BCUT2D eigenvalue weighted by Gasteiger charge is 2.44. The molecule has 0 aromatic heterocycles. The van der Waals surface area contributed by atoms with Crippen molar-refractivity contribution in [2.75, 3.05) is 37.6 Å². The lowest BCUT2D eigenvalue weighted by Crippen LogP contribution is -2.62. The molecule has 1 saturated carbocycles. The van der Waals surface area contributed by atoms with Crippen molar-refractivity contribution < 1.29 is 9.59 Å².